The number of hydrogen-bond acceptors (Lipinski definition) is 1. The molecule has 96 valence electrons. The Labute approximate surface area is 110 Å². The van der Waals surface area contributed by atoms with Gasteiger partial charge in [0.05, 0.1) is 0 Å². The Balaban J connectivity index is 1.73. The van der Waals surface area contributed by atoms with Crippen LogP contribution in [0.1, 0.15) is 61.4 Å². The van der Waals surface area contributed by atoms with Gasteiger partial charge in [-0.15, -0.1) is 0 Å². The van der Waals surface area contributed by atoms with Crippen LogP contribution in [0.3, 0.4) is 0 Å². The fourth-order valence-corrected chi connectivity index (χ4v) is 3.61. The molecule has 2 aliphatic rings. The van der Waals surface area contributed by atoms with Gasteiger partial charge < -0.3 is 0 Å². The highest BCUT2D eigenvalue weighted by Crippen LogP contribution is 2.56. The predicted octanol–water partition coefficient (Wildman–Crippen LogP) is 4.43. The molecule has 1 nitrogen and oxygen atoms in total. The molecule has 1 heteroatoms. The van der Waals surface area contributed by atoms with E-state index in [1.54, 1.807) is 0 Å². The molecule has 3 rings (SSSR count). The van der Waals surface area contributed by atoms with Crippen molar-refractivity contribution in [3.05, 3.63) is 35.4 Å². The summed E-state index contributed by atoms with van der Waals surface area (Å²) >= 11 is 0. The zero-order valence-electron chi connectivity index (χ0n) is 11.4. The Morgan fingerprint density at radius 2 is 1.61 bits per heavy atom. The Hall–Kier alpha value is -1.11. The SMILES string of the molecule is CC(C)c1ccc(C(=O)C2C3CCCCC32)cc1. The van der Waals surface area contributed by atoms with Gasteiger partial charge in [-0.2, -0.15) is 0 Å². The second-order valence-corrected chi connectivity index (χ2v) is 6.28. The number of benzene rings is 1. The van der Waals surface area contributed by atoms with E-state index in [9.17, 15) is 4.79 Å². The van der Waals surface area contributed by atoms with Gasteiger partial charge in [-0.05, 0) is 36.2 Å². The summed E-state index contributed by atoms with van der Waals surface area (Å²) < 4.78 is 0. The number of rotatable bonds is 3. The molecule has 0 saturated heterocycles. The lowest BCUT2D eigenvalue weighted by Crippen LogP contribution is -2.04. The summed E-state index contributed by atoms with van der Waals surface area (Å²) in [4.78, 5) is 12.5. The number of carbonyl (C=O) groups is 1. The van der Waals surface area contributed by atoms with Crippen molar-refractivity contribution in [1.82, 2.24) is 0 Å². The minimum Gasteiger partial charge on any atom is -0.294 e. The van der Waals surface area contributed by atoms with Crippen molar-refractivity contribution in [3.63, 3.8) is 0 Å². The molecule has 1 aromatic rings. The molecule has 0 radical (unpaired) electrons. The molecule has 2 fully saturated rings. The van der Waals surface area contributed by atoms with Gasteiger partial charge in [0, 0.05) is 11.5 Å². The van der Waals surface area contributed by atoms with E-state index in [4.69, 9.17) is 0 Å². The number of hydrogen-bond donors (Lipinski definition) is 0. The monoisotopic (exact) mass is 242 g/mol. The van der Waals surface area contributed by atoms with Crippen LogP contribution in [0.2, 0.25) is 0 Å². The van der Waals surface area contributed by atoms with Gasteiger partial charge in [0.25, 0.3) is 0 Å². The number of carbonyl (C=O) groups excluding carboxylic acids is 1. The summed E-state index contributed by atoms with van der Waals surface area (Å²) in [5.41, 5.74) is 2.25. The molecular weight excluding hydrogens is 220 g/mol. The number of ketones is 1. The Morgan fingerprint density at radius 3 is 2.11 bits per heavy atom. The molecule has 0 aliphatic heterocycles. The third kappa shape index (κ3) is 2.00. The molecule has 18 heavy (non-hydrogen) atoms. The van der Waals surface area contributed by atoms with Crippen molar-refractivity contribution in [2.45, 2.75) is 45.4 Å². The summed E-state index contributed by atoms with van der Waals surface area (Å²) in [5.74, 6) is 2.74. The third-order valence-electron chi connectivity index (χ3n) is 4.82. The minimum atomic E-state index is 0.359. The first-order valence-corrected chi connectivity index (χ1v) is 7.32. The minimum absolute atomic E-state index is 0.359. The van der Waals surface area contributed by atoms with Crippen molar-refractivity contribution in [2.24, 2.45) is 17.8 Å². The summed E-state index contributed by atoms with van der Waals surface area (Å²) in [6, 6.07) is 8.29. The molecule has 2 atom stereocenters. The van der Waals surface area contributed by atoms with Crippen molar-refractivity contribution in [2.75, 3.05) is 0 Å². The third-order valence-corrected chi connectivity index (χ3v) is 4.82. The van der Waals surface area contributed by atoms with Gasteiger partial charge in [-0.25, -0.2) is 0 Å². The first-order chi connectivity index (χ1) is 8.68. The summed E-state index contributed by atoms with van der Waals surface area (Å²) in [5, 5.41) is 0. The van der Waals surface area contributed by atoms with Crippen molar-refractivity contribution >= 4 is 5.78 Å². The number of fused-ring (bicyclic) bond motifs is 1. The highest BCUT2D eigenvalue weighted by Gasteiger charge is 2.54. The van der Waals surface area contributed by atoms with Crippen LogP contribution >= 0.6 is 0 Å². The van der Waals surface area contributed by atoms with Crippen LogP contribution in [0.25, 0.3) is 0 Å². The van der Waals surface area contributed by atoms with E-state index in [1.165, 1.54) is 31.2 Å². The average Bonchev–Trinajstić information content (AvgIpc) is 3.12. The van der Waals surface area contributed by atoms with Crippen molar-refractivity contribution in [3.8, 4) is 0 Å². The van der Waals surface area contributed by atoms with E-state index in [1.807, 2.05) is 12.1 Å². The Bertz CT molecular complexity index is 431. The quantitative estimate of drug-likeness (QED) is 0.717. The maximum Gasteiger partial charge on any atom is 0.166 e. The maximum absolute atomic E-state index is 12.5. The standard InChI is InChI=1S/C17H22O/c1-11(2)12-7-9-13(10-8-12)17(18)16-14-5-3-4-6-15(14)16/h7-11,14-16H,3-6H2,1-2H3. The zero-order valence-corrected chi connectivity index (χ0v) is 11.4. The molecule has 0 N–H and O–H groups in total. The molecule has 2 saturated carbocycles. The molecule has 0 bridgehead atoms. The van der Waals surface area contributed by atoms with Gasteiger partial charge >= 0.3 is 0 Å². The lowest BCUT2D eigenvalue weighted by molar-refractivity contribution is 0.0956. The van der Waals surface area contributed by atoms with E-state index < -0.39 is 0 Å². The van der Waals surface area contributed by atoms with Crippen LogP contribution in [0, 0.1) is 17.8 Å². The molecule has 2 aliphatic carbocycles. The van der Waals surface area contributed by atoms with E-state index in [0.29, 0.717) is 17.6 Å². The van der Waals surface area contributed by atoms with E-state index in [-0.39, 0.29) is 0 Å². The fraction of sp³-hybridized carbons (Fsp3) is 0.588. The average molecular weight is 242 g/mol. The molecule has 0 amide bonds. The summed E-state index contributed by atoms with van der Waals surface area (Å²) in [6.45, 7) is 4.37. The molecule has 2 unspecified atom stereocenters. The number of Topliss-reactive ketones (excluding diaryl/α,β-unsaturated/α-hetero) is 1. The van der Waals surface area contributed by atoms with Crippen LogP contribution in [-0.2, 0) is 0 Å². The van der Waals surface area contributed by atoms with Gasteiger partial charge in [-0.3, -0.25) is 4.79 Å². The lowest BCUT2D eigenvalue weighted by Gasteiger charge is -2.06. The van der Waals surface area contributed by atoms with E-state index in [2.05, 4.69) is 26.0 Å². The zero-order chi connectivity index (χ0) is 12.7. The van der Waals surface area contributed by atoms with Crippen LogP contribution < -0.4 is 0 Å². The second kappa shape index (κ2) is 4.53. The fourth-order valence-electron chi connectivity index (χ4n) is 3.61. The van der Waals surface area contributed by atoms with Gasteiger partial charge in [0.1, 0.15) is 0 Å². The Kier molecular flexibility index (Phi) is 3.01. The van der Waals surface area contributed by atoms with Crippen molar-refractivity contribution < 1.29 is 4.79 Å². The first kappa shape index (κ1) is 12.0. The smallest absolute Gasteiger partial charge is 0.166 e. The summed E-state index contributed by atoms with van der Waals surface area (Å²) in [6.07, 6.45) is 5.23. The van der Waals surface area contributed by atoms with Crippen LogP contribution in [0.15, 0.2) is 24.3 Å². The predicted molar refractivity (Wildman–Crippen MR) is 73.8 cm³/mol. The molecule has 0 spiro atoms. The van der Waals surface area contributed by atoms with E-state index >= 15 is 0 Å². The van der Waals surface area contributed by atoms with Gasteiger partial charge in [0.15, 0.2) is 5.78 Å². The highest BCUT2D eigenvalue weighted by molar-refractivity contribution is 6.00. The molecule has 0 heterocycles. The topological polar surface area (TPSA) is 17.1 Å². The van der Waals surface area contributed by atoms with Crippen LogP contribution in [0.5, 0.6) is 0 Å². The van der Waals surface area contributed by atoms with E-state index in [0.717, 1.165) is 17.4 Å². The van der Waals surface area contributed by atoms with Crippen LogP contribution in [0.4, 0.5) is 0 Å². The molecular formula is C17H22O. The van der Waals surface area contributed by atoms with Gasteiger partial charge in [0.2, 0.25) is 0 Å². The first-order valence-electron chi connectivity index (χ1n) is 7.32. The summed E-state index contributed by atoms with van der Waals surface area (Å²) in [7, 11) is 0. The van der Waals surface area contributed by atoms with Crippen LogP contribution in [-0.4, -0.2) is 5.78 Å². The lowest BCUT2D eigenvalue weighted by atomic mass is 9.98. The normalized spacial score (nSPS) is 30.1. The largest absolute Gasteiger partial charge is 0.294 e. The van der Waals surface area contributed by atoms with Crippen molar-refractivity contribution in [1.29, 1.82) is 0 Å². The van der Waals surface area contributed by atoms with Gasteiger partial charge in [-0.1, -0.05) is 51.0 Å². The Morgan fingerprint density at radius 1 is 1.06 bits per heavy atom. The molecule has 1 aromatic carbocycles. The maximum atomic E-state index is 12.5. The second-order valence-electron chi connectivity index (χ2n) is 6.28. The highest BCUT2D eigenvalue weighted by atomic mass is 16.1. The molecule has 0 aromatic heterocycles.